The minimum Gasteiger partial charge on any atom is -0.412 e. The average Bonchev–Trinajstić information content (AvgIpc) is 3.27. The minimum absolute atomic E-state index is 0. The van der Waals surface area contributed by atoms with Crippen LogP contribution >= 0.6 is 35.7 Å². The van der Waals surface area contributed by atoms with Crippen LogP contribution in [0.5, 0.6) is 0 Å². The summed E-state index contributed by atoms with van der Waals surface area (Å²) in [5.41, 5.74) is 1.13. The molecule has 0 spiro atoms. The van der Waals surface area contributed by atoms with Crippen molar-refractivity contribution in [2.24, 2.45) is 0 Å². The summed E-state index contributed by atoms with van der Waals surface area (Å²) in [4.78, 5) is 8.99. The Morgan fingerprint density at radius 2 is 1.69 bits per heavy atom. The van der Waals surface area contributed by atoms with Crippen LogP contribution in [0.2, 0.25) is 0 Å². The zero-order valence-electron chi connectivity index (χ0n) is 17.0. The van der Waals surface area contributed by atoms with E-state index in [1.807, 2.05) is 38.6 Å². The zero-order chi connectivity index (χ0) is 18.1. The van der Waals surface area contributed by atoms with Gasteiger partial charge in [0.2, 0.25) is 0 Å². The average molecular weight is 503 g/mol. The van der Waals surface area contributed by atoms with Gasteiger partial charge in [-0.2, -0.15) is 0 Å². The first kappa shape index (κ1) is 33.2. The molecule has 1 aliphatic rings. The first-order chi connectivity index (χ1) is 10.8. The normalized spacial score (nSPS) is 13.0. The van der Waals surface area contributed by atoms with Gasteiger partial charge in [-0.15, -0.1) is 48.9 Å². The Bertz CT molecular complexity index is 481. The molecule has 156 valence electrons. The first-order valence-electron chi connectivity index (χ1n) is 8.26. The van der Waals surface area contributed by atoms with Crippen molar-refractivity contribution >= 4 is 41.6 Å². The van der Waals surface area contributed by atoms with Gasteiger partial charge < -0.3 is 21.4 Å². The SMILES string of the molecule is C=C.CC.Cc1nc(NCCO)cc(C2(SC(C)(C)C)CC2)n1.I.O.O. The van der Waals surface area contributed by atoms with Gasteiger partial charge in [-0.25, -0.2) is 9.97 Å². The maximum atomic E-state index is 8.88. The lowest BCUT2D eigenvalue weighted by Gasteiger charge is -2.25. The van der Waals surface area contributed by atoms with E-state index < -0.39 is 0 Å². The molecule has 0 radical (unpaired) electrons. The number of thioether (sulfide) groups is 1. The lowest BCUT2D eigenvalue weighted by molar-refractivity contribution is 0.311. The van der Waals surface area contributed by atoms with Crippen LogP contribution < -0.4 is 5.32 Å². The summed E-state index contributed by atoms with van der Waals surface area (Å²) >= 11 is 2.00. The van der Waals surface area contributed by atoms with Crippen molar-refractivity contribution in [3.8, 4) is 0 Å². The summed E-state index contributed by atoms with van der Waals surface area (Å²) in [6, 6.07) is 2.04. The Morgan fingerprint density at radius 1 is 1.19 bits per heavy atom. The zero-order valence-corrected chi connectivity index (χ0v) is 20.1. The third kappa shape index (κ3) is 11.3. The van der Waals surface area contributed by atoms with E-state index in [-0.39, 0.29) is 51.0 Å². The van der Waals surface area contributed by atoms with Crippen LogP contribution in [0, 0.1) is 6.92 Å². The Kier molecular flexibility index (Phi) is 19.9. The molecule has 0 aliphatic heterocycles. The standard InChI is InChI=1S/C14H23N3OS.C2H6.C2H4.HI.2H2O/c1-10-16-11(9-12(17-10)15-7-8-18)14(5-6-14)19-13(2,3)4;2*1-2;;;/h9,18H,5-8H2,1-4H3,(H,15,16,17);1-2H3;1-2H2;1H;2*1H2. The quantitative estimate of drug-likeness (QED) is 0.471. The topological polar surface area (TPSA) is 121 Å². The van der Waals surface area contributed by atoms with Crippen molar-refractivity contribution in [1.29, 1.82) is 0 Å². The van der Waals surface area contributed by atoms with Crippen molar-refractivity contribution in [1.82, 2.24) is 9.97 Å². The summed E-state index contributed by atoms with van der Waals surface area (Å²) in [7, 11) is 0. The Hall–Kier alpha value is -0.420. The molecule has 2 rings (SSSR count). The molecule has 0 atom stereocenters. The van der Waals surface area contributed by atoms with Crippen molar-refractivity contribution in [2.75, 3.05) is 18.5 Å². The Labute approximate surface area is 180 Å². The number of aliphatic hydroxyl groups excluding tert-OH is 1. The van der Waals surface area contributed by atoms with Gasteiger partial charge in [0.15, 0.2) is 0 Å². The largest absolute Gasteiger partial charge is 0.412 e. The lowest BCUT2D eigenvalue weighted by Crippen LogP contribution is -2.18. The van der Waals surface area contributed by atoms with Gasteiger partial charge in [0.05, 0.1) is 17.0 Å². The van der Waals surface area contributed by atoms with E-state index in [1.165, 1.54) is 12.8 Å². The Morgan fingerprint density at radius 3 is 2.08 bits per heavy atom. The van der Waals surface area contributed by atoms with Crippen LogP contribution in [0.3, 0.4) is 0 Å². The number of nitrogens with zero attached hydrogens (tertiary/aromatic N) is 2. The second kappa shape index (κ2) is 15.6. The van der Waals surface area contributed by atoms with Crippen molar-refractivity contribution in [2.45, 2.75) is 63.9 Å². The van der Waals surface area contributed by atoms with Gasteiger partial charge in [-0.1, -0.05) is 34.6 Å². The smallest absolute Gasteiger partial charge is 0.130 e. The second-order valence-corrected chi connectivity index (χ2v) is 8.26. The molecule has 0 bridgehead atoms. The molecule has 26 heavy (non-hydrogen) atoms. The molecule has 1 saturated carbocycles. The first-order valence-corrected chi connectivity index (χ1v) is 9.07. The molecule has 1 aromatic heterocycles. The fourth-order valence-corrected chi connectivity index (χ4v) is 3.87. The molecular formula is C18H38IN3O3S. The van der Waals surface area contributed by atoms with Crippen LogP contribution in [0.1, 0.15) is 59.0 Å². The highest BCUT2D eigenvalue weighted by molar-refractivity contribution is 14.0. The molecule has 1 fully saturated rings. The molecule has 1 aliphatic carbocycles. The molecule has 0 aromatic carbocycles. The number of aliphatic hydroxyl groups is 1. The molecule has 8 heteroatoms. The van der Waals surface area contributed by atoms with E-state index in [4.69, 9.17) is 5.11 Å². The number of aromatic nitrogens is 2. The summed E-state index contributed by atoms with van der Waals surface area (Å²) in [5, 5.41) is 12.0. The number of hydrogen-bond donors (Lipinski definition) is 2. The van der Waals surface area contributed by atoms with Crippen LogP contribution in [0.15, 0.2) is 19.2 Å². The summed E-state index contributed by atoms with van der Waals surface area (Å²) < 4.78 is 0.398. The number of anilines is 1. The molecule has 6 N–H and O–H groups in total. The number of halogens is 1. The highest BCUT2D eigenvalue weighted by atomic mass is 127. The Balaban J connectivity index is -0.000000323. The molecule has 1 heterocycles. The highest BCUT2D eigenvalue weighted by Crippen LogP contribution is 2.60. The van der Waals surface area contributed by atoms with Crippen LogP contribution in [0.25, 0.3) is 0 Å². The van der Waals surface area contributed by atoms with Gasteiger partial charge in [-0.05, 0) is 19.8 Å². The molecule has 0 amide bonds. The van der Waals surface area contributed by atoms with Crippen molar-refractivity contribution < 1.29 is 16.1 Å². The monoisotopic (exact) mass is 503 g/mol. The molecular weight excluding hydrogens is 465 g/mol. The molecule has 1 aromatic rings. The predicted octanol–water partition coefficient (Wildman–Crippen LogP) is 3.51. The van der Waals surface area contributed by atoms with E-state index in [0.717, 1.165) is 17.3 Å². The number of nitrogens with one attached hydrogen (secondary N) is 1. The van der Waals surface area contributed by atoms with Crippen LogP contribution in [-0.2, 0) is 4.75 Å². The molecule has 6 nitrogen and oxygen atoms in total. The summed E-state index contributed by atoms with van der Waals surface area (Å²) in [5.74, 6) is 1.61. The minimum atomic E-state index is 0. The third-order valence-corrected chi connectivity index (χ3v) is 4.55. The summed E-state index contributed by atoms with van der Waals surface area (Å²) in [6.07, 6.45) is 2.37. The maximum absolute atomic E-state index is 8.88. The van der Waals surface area contributed by atoms with E-state index in [9.17, 15) is 0 Å². The van der Waals surface area contributed by atoms with E-state index in [0.29, 0.717) is 6.54 Å². The van der Waals surface area contributed by atoms with E-state index in [1.54, 1.807) is 0 Å². The van der Waals surface area contributed by atoms with Crippen molar-refractivity contribution in [3.05, 3.63) is 30.7 Å². The molecule has 0 saturated heterocycles. The predicted molar refractivity (Wildman–Crippen MR) is 126 cm³/mol. The van der Waals surface area contributed by atoms with Gasteiger partial charge in [0, 0.05) is 17.4 Å². The van der Waals surface area contributed by atoms with Crippen molar-refractivity contribution in [3.63, 3.8) is 0 Å². The fourth-order valence-electron chi connectivity index (χ4n) is 2.19. The lowest BCUT2D eigenvalue weighted by atomic mass is 10.2. The van der Waals surface area contributed by atoms with Gasteiger partial charge in [0.1, 0.15) is 11.6 Å². The maximum Gasteiger partial charge on any atom is 0.130 e. The van der Waals surface area contributed by atoms with E-state index >= 15 is 0 Å². The fraction of sp³-hybridized carbons (Fsp3) is 0.667. The number of rotatable bonds is 5. The van der Waals surface area contributed by atoms with Gasteiger partial charge in [0.25, 0.3) is 0 Å². The van der Waals surface area contributed by atoms with E-state index in [2.05, 4.69) is 49.2 Å². The van der Waals surface area contributed by atoms with Crippen LogP contribution in [-0.4, -0.2) is 43.9 Å². The van der Waals surface area contributed by atoms with Crippen LogP contribution in [0.4, 0.5) is 5.82 Å². The second-order valence-electron chi connectivity index (χ2n) is 6.04. The number of aryl methyl sites for hydroxylation is 1. The number of hydrogen-bond acceptors (Lipinski definition) is 5. The molecule has 0 unspecified atom stereocenters. The van der Waals surface area contributed by atoms with Gasteiger partial charge >= 0.3 is 0 Å². The third-order valence-electron chi connectivity index (χ3n) is 2.93. The highest BCUT2D eigenvalue weighted by Gasteiger charge is 2.49. The van der Waals surface area contributed by atoms with Gasteiger partial charge in [-0.3, -0.25) is 0 Å². The summed E-state index contributed by atoms with van der Waals surface area (Å²) in [6.45, 7) is 19.3.